The summed E-state index contributed by atoms with van der Waals surface area (Å²) in [6.45, 7) is 0.167. The molecule has 0 aromatic carbocycles. The number of nitrogens with zero attached hydrogens (tertiary/aromatic N) is 4. The first-order chi connectivity index (χ1) is 11.6. The minimum absolute atomic E-state index is 0.171. The summed E-state index contributed by atoms with van der Waals surface area (Å²) >= 11 is 0. The van der Waals surface area contributed by atoms with Crippen molar-refractivity contribution in [1.29, 1.82) is 0 Å². The Hall–Kier alpha value is -1.92. The lowest BCUT2D eigenvalue weighted by Gasteiger charge is -2.29. The van der Waals surface area contributed by atoms with E-state index in [0.29, 0.717) is 6.61 Å². The topological polar surface area (TPSA) is 152 Å². The highest BCUT2D eigenvalue weighted by Gasteiger charge is 2.50. The van der Waals surface area contributed by atoms with Gasteiger partial charge in [-0.15, -0.1) is 0 Å². The monoisotopic (exact) mass is 341 g/mol. The van der Waals surface area contributed by atoms with Crippen LogP contribution in [0.15, 0.2) is 15.0 Å². The number of amidine groups is 1. The van der Waals surface area contributed by atoms with E-state index in [1.807, 2.05) is 0 Å². The molecule has 0 aliphatic carbocycles. The Morgan fingerprint density at radius 3 is 2.92 bits per heavy atom. The van der Waals surface area contributed by atoms with Crippen LogP contribution in [0.1, 0.15) is 0 Å². The van der Waals surface area contributed by atoms with E-state index < -0.39 is 36.5 Å². The van der Waals surface area contributed by atoms with Gasteiger partial charge in [-0.2, -0.15) is 9.98 Å². The van der Waals surface area contributed by atoms with Crippen molar-refractivity contribution >= 4 is 24.0 Å². The first kappa shape index (κ1) is 16.9. The molecule has 5 atom stereocenters. The Balaban J connectivity index is 1.82. The summed E-state index contributed by atoms with van der Waals surface area (Å²) in [7, 11) is 1.53. The molecule has 0 saturated carbocycles. The molecule has 3 aliphatic rings. The molecule has 3 heterocycles. The molecule has 132 valence electrons. The zero-order valence-electron chi connectivity index (χ0n) is 13.0. The SMILES string of the molecule is COCCO[C@H]1[C@@H](O)[C@@H](CO)O[C@H]1N1C=NC2C(=O)N=C(N)N=C21. The van der Waals surface area contributed by atoms with E-state index in [2.05, 4.69) is 15.0 Å². The lowest BCUT2D eigenvalue weighted by molar-refractivity contribution is -0.117. The summed E-state index contributed by atoms with van der Waals surface area (Å²) < 4.78 is 16.2. The Kier molecular flexibility index (Phi) is 4.87. The highest BCUT2D eigenvalue weighted by molar-refractivity contribution is 6.21. The molecule has 1 saturated heterocycles. The van der Waals surface area contributed by atoms with E-state index in [4.69, 9.17) is 19.9 Å². The van der Waals surface area contributed by atoms with Crippen LogP contribution in [-0.4, -0.2) is 96.7 Å². The third kappa shape index (κ3) is 2.91. The molecular weight excluding hydrogens is 322 g/mol. The van der Waals surface area contributed by atoms with Crippen LogP contribution >= 0.6 is 0 Å². The lowest BCUT2D eigenvalue weighted by atomic mass is 10.1. The van der Waals surface area contributed by atoms with Crippen molar-refractivity contribution in [2.45, 2.75) is 30.6 Å². The number of guanidine groups is 1. The zero-order chi connectivity index (χ0) is 17.3. The van der Waals surface area contributed by atoms with Gasteiger partial charge in [0, 0.05) is 7.11 Å². The first-order valence-electron chi connectivity index (χ1n) is 7.40. The van der Waals surface area contributed by atoms with Gasteiger partial charge in [-0.25, -0.2) is 0 Å². The van der Waals surface area contributed by atoms with Crippen molar-refractivity contribution in [3.05, 3.63) is 0 Å². The van der Waals surface area contributed by atoms with E-state index in [1.54, 1.807) is 0 Å². The molecule has 0 aromatic rings. The number of hydrogen-bond acceptors (Lipinski definition) is 10. The molecule has 3 rings (SSSR count). The van der Waals surface area contributed by atoms with Gasteiger partial charge in [-0.3, -0.25) is 14.7 Å². The van der Waals surface area contributed by atoms with Crippen LogP contribution in [0.2, 0.25) is 0 Å². The summed E-state index contributed by atoms with van der Waals surface area (Å²) in [5, 5.41) is 19.7. The highest BCUT2D eigenvalue weighted by Crippen LogP contribution is 2.29. The maximum absolute atomic E-state index is 11.9. The fourth-order valence-electron chi connectivity index (χ4n) is 2.75. The molecule has 11 heteroatoms. The Bertz CT molecular complexity index is 593. The third-order valence-electron chi connectivity index (χ3n) is 3.90. The number of nitrogens with two attached hydrogens (primary N) is 1. The van der Waals surface area contributed by atoms with E-state index >= 15 is 0 Å². The number of fused-ring (bicyclic) bond motifs is 1. The Morgan fingerprint density at radius 2 is 2.21 bits per heavy atom. The van der Waals surface area contributed by atoms with Gasteiger partial charge in [0.1, 0.15) is 18.3 Å². The minimum Gasteiger partial charge on any atom is -0.394 e. The van der Waals surface area contributed by atoms with E-state index in [0.717, 1.165) is 0 Å². The standard InChI is InChI=1S/C13H19N5O6/c1-22-2-3-23-9-8(20)6(4-19)24-12(9)18-5-15-7-10(18)16-13(14)17-11(7)21/h5-9,12,19-20H,2-4H2,1H3,(H2,14,17,21)/t6-,7?,8+,9+,12-/m1/s1. The second kappa shape index (κ2) is 6.91. The van der Waals surface area contributed by atoms with Crippen molar-refractivity contribution in [3.63, 3.8) is 0 Å². The molecule has 4 N–H and O–H groups in total. The molecule has 1 amide bonds. The smallest absolute Gasteiger partial charge is 0.281 e. The van der Waals surface area contributed by atoms with Gasteiger partial charge in [0.25, 0.3) is 5.91 Å². The average molecular weight is 341 g/mol. The number of hydrogen-bond donors (Lipinski definition) is 3. The fourth-order valence-corrected chi connectivity index (χ4v) is 2.75. The molecule has 1 unspecified atom stereocenters. The average Bonchev–Trinajstić information content (AvgIpc) is 3.09. The third-order valence-corrected chi connectivity index (χ3v) is 3.90. The summed E-state index contributed by atoms with van der Waals surface area (Å²) in [5.74, 6) is -0.440. The number of carbonyl (C=O) groups excluding carboxylic acids is 1. The van der Waals surface area contributed by atoms with Gasteiger partial charge in [-0.1, -0.05) is 0 Å². The van der Waals surface area contributed by atoms with Crippen molar-refractivity contribution in [1.82, 2.24) is 4.90 Å². The van der Waals surface area contributed by atoms with Crippen LogP contribution < -0.4 is 5.73 Å². The molecule has 0 radical (unpaired) electrons. The summed E-state index contributed by atoms with van der Waals surface area (Å²) in [5.41, 5.74) is 5.54. The molecular formula is C13H19N5O6. The van der Waals surface area contributed by atoms with E-state index in [9.17, 15) is 15.0 Å². The summed E-state index contributed by atoms with van der Waals surface area (Å²) in [4.78, 5) is 25.0. The predicted octanol–water partition coefficient (Wildman–Crippen LogP) is -2.94. The van der Waals surface area contributed by atoms with Gasteiger partial charge in [0.2, 0.25) is 5.96 Å². The normalized spacial score (nSPS) is 35.2. The molecule has 3 aliphatic heterocycles. The predicted molar refractivity (Wildman–Crippen MR) is 81.6 cm³/mol. The maximum Gasteiger partial charge on any atom is 0.281 e. The molecule has 11 nitrogen and oxygen atoms in total. The van der Waals surface area contributed by atoms with Crippen LogP contribution in [0.4, 0.5) is 0 Å². The molecule has 24 heavy (non-hydrogen) atoms. The number of aliphatic hydroxyl groups is 2. The number of amides is 1. The molecule has 0 aromatic heterocycles. The molecule has 0 spiro atoms. The number of carbonyl (C=O) groups is 1. The number of aliphatic imine (C=N–C) groups is 3. The lowest BCUT2D eigenvalue weighted by Crippen LogP contribution is -2.50. The maximum atomic E-state index is 11.9. The number of methoxy groups -OCH3 is 1. The molecule has 1 fully saturated rings. The van der Waals surface area contributed by atoms with Crippen molar-refractivity contribution in [2.75, 3.05) is 26.9 Å². The zero-order valence-corrected chi connectivity index (χ0v) is 13.0. The minimum atomic E-state index is -1.06. The van der Waals surface area contributed by atoms with Crippen LogP contribution in [0.5, 0.6) is 0 Å². The van der Waals surface area contributed by atoms with Crippen LogP contribution in [-0.2, 0) is 19.0 Å². The second-order valence-corrected chi connectivity index (χ2v) is 5.42. The van der Waals surface area contributed by atoms with Crippen LogP contribution in [0.25, 0.3) is 0 Å². The fraction of sp³-hybridized carbons (Fsp3) is 0.692. The van der Waals surface area contributed by atoms with Gasteiger partial charge in [0.05, 0.1) is 26.2 Å². The quantitative estimate of drug-likeness (QED) is 0.434. The van der Waals surface area contributed by atoms with E-state index in [1.165, 1.54) is 18.3 Å². The van der Waals surface area contributed by atoms with Crippen LogP contribution in [0, 0.1) is 0 Å². The van der Waals surface area contributed by atoms with Gasteiger partial charge in [0.15, 0.2) is 18.1 Å². The number of ether oxygens (including phenoxy) is 3. The van der Waals surface area contributed by atoms with E-state index in [-0.39, 0.29) is 25.0 Å². The van der Waals surface area contributed by atoms with Gasteiger partial charge < -0.3 is 30.2 Å². The largest absolute Gasteiger partial charge is 0.394 e. The van der Waals surface area contributed by atoms with Crippen molar-refractivity contribution in [2.24, 2.45) is 20.7 Å². The van der Waals surface area contributed by atoms with Gasteiger partial charge in [-0.05, 0) is 0 Å². The first-order valence-corrected chi connectivity index (χ1v) is 7.40. The van der Waals surface area contributed by atoms with Crippen molar-refractivity contribution < 1.29 is 29.2 Å². The second-order valence-electron chi connectivity index (χ2n) is 5.42. The van der Waals surface area contributed by atoms with Crippen LogP contribution in [0.3, 0.4) is 0 Å². The summed E-state index contributed by atoms with van der Waals surface area (Å²) in [6, 6.07) is -0.883. The number of aliphatic hydroxyl groups excluding tert-OH is 2. The highest BCUT2D eigenvalue weighted by atomic mass is 16.6. The summed E-state index contributed by atoms with van der Waals surface area (Å²) in [6.07, 6.45) is -2.13. The number of rotatable bonds is 6. The molecule has 0 bridgehead atoms. The Labute approximate surface area is 137 Å². The Morgan fingerprint density at radius 1 is 1.42 bits per heavy atom. The van der Waals surface area contributed by atoms with Crippen molar-refractivity contribution in [3.8, 4) is 0 Å². The van der Waals surface area contributed by atoms with Gasteiger partial charge >= 0.3 is 0 Å².